The quantitative estimate of drug-likeness (QED) is 0.282. The van der Waals surface area contributed by atoms with Gasteiger partial charge in [0.05, 0.1) is 5.56 Å². The van der Waals surface area contributed by atoms with Crippen molar-refractivity contribution in [2.45, 2.75) is 58.4 Å². The molecule has 0 N–H and O–H groups in total. The average molecular weight is 440 g/mol. The number of carbonyl (C=O) groups is 2. The molecule has 0 aromatic heterocycles. The van der Waals surface area contributed by atoms with Crippen LogP contribution >= 0.6 is 0 Å². The van der Waals surface area contributed by atoms with Gasteiger partial charge in [-0.25, -0.2) is 9.18 Å². The Kier molecular flexibility index (Phi) is 7.46. The SMILES string of the molecule is CCCC(C(=O)c1ccc(OC(F)(F)F)cc1)c1ccc(C(=O)OC(C)(C)C)c(F)c1. The number of rotatable bonds is 7. The molecule has 168 valence electrons. The van der Waals surface area contributed by atoms with Gasteiger partial charge in [-0.05, 0) is 69.2 Å². The summed E-state index contributed by atoms with van der Waals surface area (Å²) in [5, 5.41) is 0. The minimum atomic E-state index is -4.83. The van der Waals surface area contributed by atoms with E-state index in [1.54, 1.807) is 20.8 Å². The third-order valence-corrected chi connectivity index (χ3v) is 4.28. The number of hydrogen-bond acceptors (Lipinski definition) is 4. The van der Waals surface area contributed by atoms with Crippen LogP contribution in [0.2, 0.25) is 0 Å². The highest BCUT2D eigenvalue weighted by Gasteiger charge is 2.31. The Bertz CT molecular complexity index is 928. The molecular formula is C23H24F4O4. The Morgan fingerprint density at radius 3 is 2.10 bits per heavy atom. The Morgan fingerprint density at radius 2 is 1.61 bits per heavy atom. The molecule has 0 heterocycles. The summed E-state index contributed by atoms with van der Waals surface area (Å²) in [5.41, 5.74) is -0.489. The first-order chi connectivity index (χ1) is 14.3. The molecule has 0 saturated heterocycles. The predicted octanol–water partition coefficient (Wildman–Crippen LogP) is 6.45. The van der Waals surface area contributed by atoms with Crippen molar-refractivity contribution < 1.29 is 36.6 Å². The van der Waals surface area contributed by atoms with Crippen LogP contribution in [0.25, 0.3) is 0 Å². The van der Waals surface area contributed by atoms with Crippen LogP contribution in [-0.4, -0.2) is 23.7 Å². The summed E-state index contributed by atoms with van der Waals surface area (Å²) >= 11 is 0. The average Bonchev–Trinajstić information content (AvgIpc) is 2.63. The number of alkyl halides is 3. The third-order valence-electron chi connectivity index (χ3n) is 4.28. The van der Waals surface area contributed by atoms with E-state index in [4.69, 9.17) is 4.74 Å². The van der Waals surface area contributed by atoms with E-state index < -0.39 is 35.4 Å². The highest BCUT2D eigenvalue weighted by Crippen LogP contribution is 2.29. The van der Waals surface area contributed by atoms with E-state index in [2.05, 4.69) is 4.74 Å². The Balaban J connectivity index is 2.28. The lowest BCUT2D eigenvalue weighted by Gasteiger charge is -2.20. The summed E-state index contributed by atoms with van der Waals surface area (Å²) in [4.78, 5) is 25.1. The van der Waals surface area contributed by atoms with Gasteiger partial charge in [0.1, 0.15) is 17.2 Å². The van der Waals surface area contributed by atoms with E-state index in [-0.39, 0.29) is 16.9 Å². The lowest BCUT2D eigenvalue weighted by atomic mass is 9.86. The molecule has 0 bridgehead atoms. The fourth-order valence-electron chi connectivity index (χ4n) is 3.01. The van der Waals surface area contributed by atoms with Crippen molar-refractivity contribution >= 4 is 11.8 Å². The molecule has 0 radical (unpaired) electrons. The molecule has 1 atom stereocenters. The van der Waals surface area contributed by atoms with Crippen LogP contribution in [0.15, 0.2) is 42.5 Å². The molecule has 31 heavy (non-hydrogen) atoms. The first-order valence-corrected chi connectivity index (χ1v) is 9.73. The van der Waals surface area contributed by atoms with Gasteiger partial charge in [-0.2, -0.15) is 0 Å². The largest absolute Gasteiger partial charge is 0.573 e. The number of carbonyl (C=O) groups excluding carboxylic acids is 2. The van der Waals surface area contributed by atoms with Gasteiger partial charge >= 0.3 is 12.3 Å². The zero-order valence-corrected chi connectivity index (χ0v) is 17.7. The van der Waals surface area contributed by atoms with E-state index in [0.717, 1.165) is 18.2 Å². The second kappa shape index (κ2) is 9.49. The van der Waals surface area contributed by atoms with Crippen LogP contribution in [0.3, 0.4) is 0 Å². The molecule has 0 amide bonds. The van der Waals surface area contributed by atoms with Crippen molar-refractivity contribution in [1.82, 2.24) is 0 Å². The smallest absolute Gasteiger partial charge is 0.456 e. The molecule has 0 fully saturated rings. The Morgan fingerprint density at radius 1 is 1.00 bits per heavy atom. The van der Waals surface area contributed by atoms with Crippen molar-refractivity contribution in [2.75, 3.05) is 0 Å². The minimum Gasteiger partial charge on any atom is -0.456 e. The van der Waals surface area contributed by atoms with Gasteiger partial charge in [0.2, 0.25) is 0 Å². The van der Waals surface area contributed by atoms with Gasteiger partial charge in [-0.1, -0.05) is 19.4 Å². The van der Waals surface area contributed by atoms with E-state index in [0.29, 0.717) is 18.4 Å². The zero-order valence-electron chi connectivity index (χ0n) is 17.7. The summed E-state index contributed by atoms with van der Waals surface area (Å²) in [6.45, 7) is 6.85. The topological polar surface area (TPSA) is 52.6 Å². The molecule has 1 unspecified atom stereocenters. The van der Waals surface area contributed by atoms with Crippen LogP contribution in [-0.2, 0) is 4.74 Å². The summed E-state index contributed by atoms with van der Waals surface area (Å²) < 4.78 is 60.5. The highest BCUT2D eigenvalue weighted by molar-refractivity contribution is 6.01. The molecule has 0 saturated carbocycles. The van der Waals surface area contributed by atoms with Crippen molar-refractivity contribution in [3.05, 3.63) is 65.0 Å². The summed E-state index contributed by atoms with van der Waals surface area (Å²) in [7, 11) is 0. The van der Waals surface area contributed by atoms with Crippen LogP contribution in [0.5, 0.6) is 5.75 Å². The van der Waals surface area contributed by atoms with Crippen LogP contribution in [0.1, 0.15) is 72.7 Å². The zero-order chi connectivity index (χ0) is 23.4. The normalized spacial score (nSPS) is 12.9. The van der Waals surface area contributed by atoms with Crippen molar-refractivity contribution in [3.8, 4) is 5.75 Å². The van der Waals surface area contributed by atoms with Gasteiger partial charge in [0.25, 0.3) is 0 Å². The lowest BCUT2D eigenvalue weighted by molar-refractivity contribution is -0.274. The number of halogens is 4. The number of hydrogen-bond donors (Lipinski definition) is 0. The maximum atomic E-state index is 14.6. The standard InChI is InChI=1S/C23H24F4O4/c1-5-6-17(20(28)14-7-10-16(11-8-14)30-23(25,26)27)15-9-12-18(19(24)13-15)21(29)31-22(2,3)4/h7-13,17H,5-6H2,1-4H3. The number of ketones is 1. The molecule has 4 nitrogen and oxygen atoms in total. The fourth-order valence-corrected chi connectivity index (χ4v) is 3.01. The van der Waals surface area contributed by atoms with E-state index in [9.17, 15) is 27.2 Å². The fraction of sp³-hybridized carbons (Fsp3) is 0.391. The molecule has 2 aromatic carbocycles. The van der Waals surface area contributed by atoms with E-state index in [1.807, 2.05) is 6.92 Å². The first-order valence-electron chi connectivity index (χ1n) is 9.73. The molecule has 0 aliphatic carbocycles. The van der Waals surface area contributed by atoms with Gasteiger partial charge in [0, 0.05) is 11.5 Å². The maximum absolute atomic E-state index is 14.6. The highest BCUT2D eigenvalue weighted by atomic mass is 19.4. The second-order valence-electron chi connectivity index (χ2n) is 8.02. The molecule has 2 aromatic rings. The van der Waals surface area contributed by atoms with E-state index >= 15 is 0 Å². The van der Waals surface area contributed by atoms with Gasteiger partial charge in [0.15, 0.2) is 5.78 Å². The molecule has 0 aliphatic rings. The van der Waals surface area contributed by atoms with Gasteiger partial charge in [-0.15, -0.1) is 13.2 Å². The molecular weight excluding hydrogens is 416 g/mol. The summed E-state index contributed by atoms with van der Waals surface area (Å²) in [6, 6.07) is 8.45. The first kappa shape index (κ1) is 24.4. The van der Waals surface area contributed by atoms with E-state index in [1.165, 1.54) is 24.3 Å². The molecule has 2 rings (SSSR count). The lowest BCUT2D eigenvalue weighted by Crippen LogP contribution is -2.24. The van der Waals surface area contributed by atoms with Gasteiger partial charge < -0.3 is 9.47 Å². The minimum absolute atomic E-state index is 0.171. The van der Waals surface area contributed by atoms with Crippen LogP contribution in [0.4, 0.5) is 17.6 Å². The number of benzene rings is 2. The number of Topliss-reactive ketones (excluding diaryl/α,β-unsaturated/α-hetero) is 1. The molecule has 8 heteroatoms. The third kappa shape index (κ3) is 7.08. The van der Waals surface area contributed by atoms with Crippen LogP contribution in [0, 0.1) is 5.82 Å². The summed E-state index contributed by atoms with van der Waals surface area (Å²) in [5.74, 6) is -3.15. The van der Waals surface area contributed by atoms with Gasteiger partial charge in [-0.3, -0.25) is 4.79 Å². The summed E-state index contributed by atoms with van der Waals surface area (Å²) in [6.07, 6.45) is -3.82. The van der Waals surface area contributed by atoms with Crippen molar-refractivity contribution in [1.29, 1.82) is 0 Å². The second-order valence-corrected chi connectivity index (χ2v) is 8.02. The Labute approximate surface area is 178 Å². The maximum Gasteiger partial charge on any atom is 0.573 e. The molecule has 0 aliphatic heterocycles. The van der Waals surface area contributed by atoms with Crippen molar-refractivity contribution in [2.24, 2.45) is 0 Å². The number of ether oxygens (including phenoxy) is 2. The Hall–Kier alpha value is -2.90. The van der Waals surface area contributed by atoms with Crippen LogP contribution < -0.4 is 4.74 Å². The number of esters is 1. The van der Waals surface area contributed by atoms with Crippen molar-refractivity contribution in [3.63, 3.8) is 0 Å². The molecule has 0 spiro atoms. The predicted molar refractivity (Wildman–Crippen MR) is 107 cm³/mol. The monoisotopic (exact) mass is 440 g/mol.